The highest BCUT2D eigenvalue weighted by Gasteiger charge is 2.28. The monoisotopic (exact) mass is 1690 g/mol. The van der Waals surface area contributed by atoms with Crippen LogP contribution in [0.25, 0.3) is 78.5 Å². The summed E-state index contributed by atoms with van der Waals surface area (Å²) in [7, 11) is -19.6. The van der Waals surface area contributed by atoms with Crippen molar-refractivity contribution < 1.29 is 85.3 Å². The predicted octanol–water partition coefficient (Wildman–Crippen LogP) is 11.8. The van der Waals surface area contributed by atoms with Crippen LogP contribution in [0.15, 0.2) is 229 Å². The van der Waals surface area contributed by atoms with E-state index < -0.39 is 62.2 Å². The van der Waals surface area contributed by atoms with Crippen molar-refractivity contribution in [1.82, 2.24) is 9.15 Å². The third-order valence-electron chi connectivity index (χ3n) is 21.8. The summed E-state index contributed by atoms with van der Waals surface area (Å²) in [6, 6.07) is 56.0. The van der Waals surface area contributed by atoms with Gasteiger partial charge in [0.25, 0.3) is 0 Å². The highest BCUT2D eigenvalue weighted by Crippen LogP contribution is 2.46. The lowest BCUT2D eigenvalue weighted by Gasteiger charge is -2.24. The molecule has 23 nitrogen and oxygen atoms in total. The first-order valence-electron chi connectivity index (χ1n) is 39.1. The second-order valence-corrected chi connectivity index (χ2v) is 34.4. The van der Waals surface area contributed by atoms with Gasteiger partial charge in [0.05, 0.1) is 43.7 Å². The van der Waals surface area contributed by atoms with E-state index in [1.54, 1.807) is 38.1 Å². The van der Waals surface area contributed by atoms with E-state index in [-0.39, 0.29) is 32.0 Å². The fourth-order valence-electron chi connectivity index (χ4n) is 15.7. The van der Waals surface area contributed by atoms with Crippen LogP contribution >= 0.6 is 0 Å². The number of benzene rings is 11. The molecule has 0 atom stereocenters. The van der Waals surface area contributed by atoms with Crippen molar-refractivity contribution in [3.63, 3.8) is 0 Å². The molecule has 120 heavy (non-hydrogen) atoms. The molecule has 0 saturated heterocycles. The number of anilines is 2. The number of aryl methyl sites for hydroxylation is 4. The Balaban J connectivity index is 0.000000167. The summed E-state index contributed by atoms with van der Waals surface area (Å²) in [5.41, 5.74) is 13.2. The molecule has 3 heterocycles. The molecular formula is C93H88N4O19S4-4. The molecule has 0 N–H and O–H groups in total. The van der Waals surface area contributed by atoms with E-state index in [9.17, 15) is 71.7 Å². The number of carboxylic acids is 2. The zero-order valence-corrected chi connectivity index (χ0v) is 71.4. The van der Waals surface area contributed by atoms with Crippen LogP contribution in [0, 0.1) is 27.7 Å². The van der Waals surface area contributed by atoms with Crippen LogP contribution in [-0.4, -0.2) is 116 Å². The van der Waals surface area contributed by atoms with Crippen LogP contribution in [0.4, 0.5) is 11.4 Å². The smallest absolute Gasteiger partial charge is 0.203 e. The Morgan fingerprint density at radius 3 is 1.41 bits per heavy atom. The Hall–Kier alpha value is -11.9. The minimum absolute atomic E-state index is 0.00983. The second-order valence-electron chi connectivity index (χ2n) is 28.9. The number of nitrogens with zero attached hydrogens (tertiary/aromatic N) is 4. The van der Waals surface area contributed by atoms with Gasteiger partial charge in [0.2, 0.25) is 10.7 Å². The molecule has 0 amide bonds. The number of rotatable bonds is 22. The third-order valence-corrected chi connectivity index (χ3v) is 25.3. The molecule has 2 aliphatic carbocycles. The lowest BCUT2D eigenvalue weighted by molar-refractivity contribution is -0.255. The summed E-state index contributed by atoms with van der Waals surface area (Å²) in [5, 5.41) is 28.0. The van der Waals surface area contributed by atoms with Gasteiger partial charge in [0, 0.05) is 128 Å². The van der Waals surface area contributed by atoms with Gasteiger partial charge >= 0.3 is 0 Å². The molecule has 0 saturated carbocycles. The van der Waals surface area contributed by atoms with Crippen molar-refractivity contribution in [2.24, 2.45) is 0 Å². The van der Waals surface area contributed by atoms with Crippen molar-refractivity contribution in [2.45, 2.75) is 109 Å². The normalized spacial score (nSPS) is 12.3. The van der Waals surface area contributed by atoms with Crippen LogP contribution < -0.4 is 55.1 Å². The van der Waals surface area contributed by atoms with Gasteiger partial charge in [0.15, 0.2) is 0 Å². The largest absolute Gasteiger partial charge is 0.744 e. The van der Waals surface area contributed by atoms with Gasteiger partial charge < -0.3 is 61.4 Å². The van der Waals surface area contributed by atoms with Gasteiger partial charge in [-0.05, 0) is 242 Å². The molecule has 0 radical (unpaired) electrons. The third kappa shape index (κ3) is 18.3. The highest BCUT2D eigenvalue weighted by molar-refractivity contribution is 7.87. The van der Waals surface area contributed by atoms with Crippen LogP contribution in [0.5, 0.6) is 11.5 Å². The summed E-state index contributed by atoms with van der Waals surface area (Å²) in [5.74, 6) is -0.856. The summed E-state index contributed by atoms with van der Waals surface area (Å²) in [6.07, 6.45) is 2.54. The number of hydrogen-bond donors (Lipinski definition) is 0. The first-order valence-corrected chi connectivity index (χ1v) is 44.7. The maximum absolute atomic E-state index is 12.4. The number of carbonyl (C=O) groups is 2. The lowest BCUT2D eigenvalue weighted by atomic mass is 9.89. The molecule has 0 spiro atoms. The average molecular weight is 1690 g/mol. The molecule has 27 heteroatoms. The van der Waals surface area contributed by atoms with E-state index >= 15 is 0 Å². The maximum Gasteiger partial charge on any atom is 0.203 e. The number of carbonyl (C=O) groups excluding carboxylic acids is 2. The van der Waals surface area contributed by atoms with Gasteiger partial charge in [-0.2, -0.15) is 0 Å². The summed E-state index contributed by atoms with van der Waals surface area (Å²) in [6.45, 7) is 30.4. The Labute approximate surface area is 697 Å². The fraction of sp³-hybridized carbons (Fsp3) is 0.226. The maximum atomic E-state index is 12.4. The molecule has 3 aliphatic heterocycles. The minimum atomic E-state index is -5.16. The Morgan fingerprint density at radius 1 is 0.417 bits per heavy atom. The van der Waals surface area contributed by atoms with Crippen LogP contribution in [-0.2, 0) is 46.9 Å². The molecule has 622 valence electrons. The van der Waals surface area contributed by atoms with Crippen molar-refractivity contribution >= 4 is 97.4 Å². The minimum Gasteiger partial charge on any atom is -0.744 e. The average Bonchev–Trinajstić information content (AvgIpc) is 0.772. The summed E-state index contributed by atoms with van der Waals surface area (Å²) < 4.78 is 167. The molecule has 14 rings (SSSR count). The van der Waals surface area contributed by atoms with Gasteiger partial charge in [-0.15, -0.1) is 0 Å². The first kappa shape index (κ1) is 87.4. The number of ether oxygens (including phenoxy) is 1. The highest BCUT2D eigenvalue weighted by atomic mass is 32.2. The van der Waals surface area contributed by atoms with Crippen LogP contribution in [0.2, 0.25) is 0 Å². The Kier molecular flexibility index (Phi) is 25.9. The van der Waals surface area contributed by atoms with Crippen LogP contribution in [0.3, 0.4) is 0 Å². The quantitative estimate of drug-likeness (QED) is 0.0345. The Bertz CT molecular complexity index is 6930. The van der Waals surface area contributed by atoms with Gasteiger partial charge in [-0.1, -0.05) is 72.8 Å². The molecule has 5 aliphatic rings. The van der Waals surface area contributed by atoms with Crippen molar-refractivity contribution in [3.8, 4) is 56.4 Å². The second kappa shape index (κ2) is 35.6. The van der Waals surface area contributed by atoms with Gasteiger partial charge in [0.1, 0.15) is 101 Å². The standard InChI is InChI=1S/C37H32O7S2.C29H30N2O5.C27H30N2O7S2/c1-22-8-7-9-23(2)32(22)18-26-12-14-29-34(20-26)44-35-21-27(19-33-24(3)16-28(17-25(33)4)45(38,39)40)13-15-30(35)37(29)31-10-5-6-11-36(31)46(41,42)43;1-5-30(6-2)19-10-13-22-25(16-19)36-26-17-20(31(7-3)8-4)11-14-23(26)27(22)21-12-9-18(28(32)33)15-24(21)29(34)35;1-5-28(6-2)18-9-12-21-24(15-18)36-25-16-19(29(7-3)8-4)10-13-22(25)27(21)23-14-11-20(37(30,31)32)17-26(23)38(33,34)35/h5-17,19-21H,18H2,1-4H3,(H,38,39,40)(H,41,42,43);9-17H,5-8H2,1-4H3,(H-,32,33,34,35);9-17H,5-8H2,1-4H3,(H-,30,31,32,33,34,35)/p-4/b27-19+;;. The topological polar surface area (TPSA) is 357 Å². The molecular weight excluding hydrogens is 1610 g/mol. The van der Waals surface area contributed by atoms with E-state index in [0.717, 1.165) is 114 Å². The van der Waals surface area contributed by atoms with Crippen molar-refractivity contribution in [2.75, 3.05) is 62.2 Å². The molecule has 9 aromatic rings. The summed E-state index contributed by atoms with van der Waals surface area (Å²) in [4.78, 5) is 25.7. The van der Waals surface area contributed by atoms with E-state index in [1.165, 1.54) is 59.2 Å². The number of carboxylic acid groups (broad SMARTS) is 2. The first-order chi connectivity index (χ1) is 56.9. The zero-order valence-electron chi connectivity index (χ0n) is 68.2. The zero-order chi connectivity index (χ0) is 86.8. The number of aromatic carboxylic acids is 2. The summed E-state index contributed by atoms with van der Waals surface area (Å²) >= 11 is 0. The fourth-order valence-corrected chi connectivity index (χ4v) is 18.3. The lowest BCUT2D eigenvalue weighted by Crippen LogP contribution is -2.29. The number of hydrogen-bond acceptors (Lipinski definition) is 21. The van der Waals surface area contributed by atoms with E-state index in [1.807, 2.05) is 137 Å². The molecule has 0 fully saturated rings. The molecule has 0 aromatic heterocycles. The van der Waals surface area contributed by atoms with Crippen molar-refractivity contribution in [3.05, 3.63) is 283 Å². The predicted molar refractivity (Wildman–Crippen MR) is 455 cm³/mol. The molecule has 0 bridgehead atoms. The van der Waals surface area contributed by atoms with Gasteiger partial charge in [-0.3, -0.25) is 0 Å². The van der Waals surface area contributed by atoms with E-state index in [4.69, 9.17) is 13.6 Å². The number of fused-ring (bicyclic) bond motifs is 6. The van der Waals surface area contributed by atoms with E-state index in [0.29, 0.717) is 102 Å². The van der Waals surface area contributed by atoms with Crippen LogP contribution in [0.1, 0.15) is 126 Å². The Morgan fingerprint density at radius 2 is 0.917 bits per heavy atom. The van der Waals surface area contributed by atoms with E-state index in [2.05, 4.69) is 72.6 Å². The van der Waals surface area contributed by atoms with Crippen molar-refractivity contribution in [1.29, 1.82) is 0 Å². The molecule has 0 unspecified atom stereocenters. The molecule has 9 aromatic carbocycles. The SMILES string of the molecule is CCN(CC)c1ccc2c(-c3ccc(C(=O)[O-])cc3C(=O)[O-])c3ccc(=[N+](CC)CC)cc-3oc2c1.CCN(CC)c1ccc2c(-c3ccc(S(=O)(=O)[O-])cc3S(=O)(=O)[O-])c3ccc(=[N+](CC)CC)cc-3oc2c1.Cc1cc(S(=O)(=O)[O-])cc(C)c1/C=c1\ccc2c(c1)Oc1cc(Cc3c(C)cccc3C)ccc1C=2c1ccccc1S(=O)(=O)[O-]. The van der Waals surface area contributed by atoms with Gasteiger partial charge in [-0.25, -0.2) is 42.8 Å².